The second kappa shape index (κ2) is 7.24. The average molecular weight is 363 g/mol. The number of amides is 2. The van der Waals surface area contributed by atoms with Gasteiger partial charge in [-0.2, -0.15) is 0 Å². The fourth-order valence-electron chi connectivity index (χ4n) is 2.63. The summed E-state index contributed by atoms with van der Waals surface area (Å²) in [4.78, 5) is 25.8. The van der Waals surface area contributed by atoms with E-state index >= 15 is 0 Å². The molecule has 0 aromatic heterocycles. The topological polar surface area (TPSA) is 49.4 Å². The minimum atomic E-state index is -0.225. The molecule has 2 aromatic carbocycles. The number of carbonyl (C=O) groups is 2. The van der Waals surface area contributed by atoms with Gasteiger partial charge in [0.05, 0.1) is 10.0 Å². The molecule has 1 aliphatic heterocycles. The van der Waals surface area contributed by atoms with Crippen molar-refractivity contribution in [3.63, 3.8) is 0 Å². The summed E-state index contributed by atoms with van der Waals surface area (Å²) in [6, 6.07) is 12.2. The van der Waals surface area contributed by atoms with Gasteiger partial charge in [-0.3, -0.25) is 9.59 Å². The van der Waals surface area contributed by atoms with Crippen molar-refractivity contribution in [1.82, 2.24) is 4.90 Å². The minimum absolute atomic E-state index is 0.191. The fourth-order valence-corrected chi connectivity index (χ4v) is 2.93. The predicted octanol–water partition coefficient (Wildman–Crippen LogP) is 4.37. The Morgan fingerprint density at radius 1 is 1.08 bits per heavy atom. The van der Waals surface area contributed by atoms with Gasteiger partial charge in [0.15, 0.2) is 0 Å². The van der Waals surface area contributed by atoms with Crippen LogP contribution in [0.25, 0.3) is 0 Å². The van der Waals surface area contributed by atoms with Crippen LogP contribution in [0.2, 0.25) is 10.0 Å². The minimum Gasteiger partial charge on any atom is -0.338 e. The fraction of sp³-hybridized carbons (Fsp3) is 0.222. The van der Waals surface area contributed by atoms with Crippen molar-refractivity contribution in [2.45, 2.75) is 19.4 Å². The lowest BCUT2D eigenvalue weighted by Crippen LogP contribution is -2.23. The van der Waals surface area contributed by atoms with Gasteiger partial charge in [-0.05, 0) is 42.3 Å². The summed E-state index contributed by atoms with van der Waals surface area (Å²) in [6.07, 6.45) is 1.55. The van der Waals surface area contributed by atoms with Gasteiger partial charge in [-0.25, -0.2) is 0 Å². The Kier molecular flexibility index (Phi) is 5.07. The smallest absolute Gasteiger partial charge is 0.255 e. The van der Waals surface area contributed by atoms with Gasteiger partial charge in [0.1, 0.15) is 0 Å². The second-order valence-corrected chi connectivity index (χ2v) is 6.51. The maximum absolute atomic E-state index is 12.3. The lowest BCUT2D eigenvalue weighted by atomic mass is 10.1. The molecule has 0 unspecified atom stereocenters. The van der Waals surface area contributed by atoms with Crippen LogP contribution < -0.4 is 5.32 Å². The summed E-state index contributed by atoms with van der Waals surface area (Å²) in [5.74, 6) is -0.0337. The zero-order valence-electron chi connectivity index (χ0n) is 12.9. The number of anilines is 1. The number of nitrogens with one attached hydrogen (secondary N) is 1. The standard InChI is InChI=1S/C18H16Cl2N2O2/c19-15-8-7-14(10-16(15)20)21-18(24)13-5-3-12(4-6-13)11-22-9-1-2-17(22)23/h3-8,10H,1-2,9,11H2,(H,21,24). The van der Waals surface area contributed by atoms with Crippen LogP contribution >= 0.6 is 23.2 Å². The number of carbonyl (C=O) groups excluding carboxylic acids is 2. The summed E-state index contributed by atoms with van der Waals surface area (Å²) in [5.41, 5.74) is 2.13. The summed E-state index contributed by atoms with van der Waals surface area (Å²) >= 11 is 11.8. The van der Waals surface area contributed by atoms with Crippen LogP contribution in [0.4, 0.5) is 5.69 Å². The lowest BCUT2D eigenvalue weighted by Gasteiger charge is -2.15. The first-order chi connectivity index (χ1) is 11.5. The largest absolute Gasteiger partial charge is 0.338 e. The molecule has 0 spiro atoms. The first-order valence-corrected chi connectivity index (χ1v) is 8.41. The van der Waals surface area contributed by atoms with Gasteiger partial charge in [-0.15, -0.1) is 0 Å². The molecule has 3 rings (SSSR count). The average Bonchev–Trinajstić information content (AvgIpc) is 2.97. The van der Waals surface area contributed by atoms with Crippen LogP contribution in [0.1, 0.15) is 28.8 Å². The van der Waals surface area contributed by atoms with Gasteiger partial charge in [0, 0.05) is 30.8 Å². The summed E-state index contributed by atoms with van der Waals surface area (Å²) in [7, 11) is 0. The van der Waals surface area contributed by atoms with Crippen LogP contribution in [-0.2, 0) is 11.3 Å². The molecule has 124 valence electrons. The van der Waals surface area contributed by atoms with E-state index in [0.29, 0.717) is 34.3 Å². The summed E-state index contributed by atoms with van der Waals surface area (Å²) in [6.45, 7) is 1.39. The van der Waals surface area contributed by atoms with E-state index < -0.39 is 0 Å². The van der Waals surface area contributed by atoms with Crippen LogP contribution in [0.15, 0.2) is 42.5 Å². The third-order valence-electron chi connectivity index (χ3n) is 3.94. The molecule has 1 N–H and O–H groups in total. The Bertz CT molecular complexity index is 775. The summed E-state index contributed by atoms with van der Waals surface area (Å²) < 4.78 is 0. The van der Waals surface area contributed by atoms with E-state index in [1.807, 2.05) is 17.0 Å². The highest BCUT2D eigenvalue weighted by molar-refractivity contribution is 6.42. The predicted molar refractivity (Wildman–Crippen MR) is 95.5 cm³/mol. The molecule has 1 fully saturated rings. The second-order valence-electron chi connectivity index (χ2n) is 5.70. The van der Waals surface area contributed by atoms with Crippen molar-refractivity contribution in [2.24, 2.45) is 0 Å². The molecule has 0 bridgehead atoms. The highest BCUT2D eigenvalue weighted by atomic mass is 35.5. The Morgan fingerprint density at radius 2 is 1.83 bits per heavy atom. The molecular formula is C18H16Cl2N2O2. The van der Waals surface area contributed by atoms with E-state index in [1.165, 1.54) is 0 Å². The molecule has 1 saturated heterocycles. The van der Waals surface area contributed by atoms with Gasteiger partial charge < -0.3 is 10.2 Å². The Labute approximate surface area is 150 Å². The van der Waals surface area contributed by atoms with Gasteiger partial charge in [-0.1, -0.05) is 35.3 Å². The number of hydrogen-bond donors (Lipinski definition) is 1. The molecule has 4 nitrogen and oxygen atoms in total. The normalized spacial score (nSPS) is 14.1. The molecule has 6 heteroatoms. The molecule has 0 saturated carbocycles. The number of hydrogen-bond acceptors (Lipinski definition) is 2. The lowest BCUT2D eigenvalue weighted by molar-refractivity contribution is -0.128. The van der Waals surface area contributed by atoms with E-state index in [1.54, 1.807) is 30.3 Å². The highest BCUT2D eigenvalue weighted by Gasteiger charge is 2.20. The molecule has 2 amide bonds. The van der Waals surface area contributed by atoms with Gasteiger partial charge in [0.25, 0.3) is 5.91 Å². The monoisotopic (exact) mass is 362 g/mol. The Hall–Kier alpha value is -2.04. The van der Waals surface area contributed by atoms with E-state index in [9.17, 15) is 9.59 Å². The summed E-state index contributed by atoms with van der Waals surface area (Å²) in [5, 5.41) is 3.61. The van der Waals surface area contributed by atoms with Crippen molar-refractivity contribution in [3.05, 3.63) is 63.6 Å². The molecule has 0 radical (unpaired) electrons. The zero-order chi connectivity index (χ0) is 17.1. The Morgan fingerprint density at radius 3 is 2.46 bits per heavy atom. The number of nitrogens with zero attached hydrogens (tertiary/aromatic N) is 1. The third-order valence-corrected chi connectivity index (χ3v) is 4.68. The van der Waals surface area contributed by atoms with Crippen LogP contribution in [0.5, 0.6) is 0 Å². The zero-order valence-corrected chi connectivity index (χ0v) is 14.4. The van der Waals surface area contributed by atoms with Gasteiger partial charge in [0.2, 0.25) is 5.91 Å². The van der Waals surface area contributed by atoms with E-state index in [0.717, 1.165) is 18.5 Å². The van der Waals surface area contributed by atoms with Crippen molar-refractivity contribution in [2.75, 3.05) is 11.9 Å². The van der Waals surface area contributed by atoms with E-state index in [2.05, 4.69) is 5.32 Å². The number of rotatable bonds is 4. The number of halogens is 2. The molecular weight excluding hydrogens is 347 g/mol. The van der Waals surface area contributed by atoms with Crippen molar-refractivity contribution in [1.29, 1.82) is 0 Å². The van der Waals surface area contributed by atoms with Crippen LogP contribution in [0, 0.1) is 0 Å². The molecule has 1 heterocycles. The maximum atomic E-state index is 12.3. The highest BCUT2D eigenvalue weighted by Crippen LogP contribution is 2.25. The third kappa shape index (κ3) is 3.89. The van der Waals surface area contributed by atoms with Crippen molar-refractivity contribution >= 4 is 40.7 Å². The number of benzene rings is 2. The van der Waals surface area contributed by atoms with Crippen LogP contribution in [0.3, 0.4) is 0 Å². The molecule has 1 aliphatic rings. The number of likely N-dealkylation sites (tertiary alicyclic amines) is 1. The van der Waals surface area contributed by atoms with Crippen LogP contribution in [-0.4, -0.2) is 23.3 Å². The molecule has 2 aromatic rings. The van der Waals surface area contributed by atoms with Crippen molar-refractivity contribution < 1.29 is 9.59 Å². The SMILES string of the molecule is O=C(Nc1ccc(Cl)c(Cl)c1)c1ccc(CN2CCCC2=O)cc1. The van der Waals surface area contributed by atoms with E-state index in [4.69, 9.17) is 23.2 Å². The first kappa shape index (κ1) is 16.8. The molecule has 0 aliphatic carbocycles. The van der Waals surface area contributed by atoms with E-state index in [-0.39, 0.29) is 11.8 Å². The van der Waals surface area contributed by atoms with Crippen molar-refractivity contribution in [3.8, 4) is 0 Å². The molecule has 0 atom stereocenters. The Balaban J connectivity index is 1.65. The quantitative estimate of drug-likeness (QED) is 0.877. The molecule has 24 heavy (non-hydrogen) atoms. The first-order valence-electron chi connectivity index (χ1n) is 7.66. The maximum Gasteiger partial charge on any atom is 0.255 e. The van der Waals surface area contributed by atoms with Gasteiger partial charge >= 0.3 is 0 Å².